The SMILES string of the molecule is CCOC(=O)c1cc(N)ccc1NCC1CCC(C)CC1. The Kier molecular flexibility index (Phi) is 5.48. The van der Waals surface area contributed by atoms with Gasteiger partial charge in [-0.25, -0.2) is 4.79 Å². The van der Waals surface area contributed by atoms with Crippen LogP contribution in [-0.2, 0) is 4.74 Å². The summed E-state index contributed by atoms with van der Waals surface area (Å²) in [7, 11) is 0. The predicted molar refractivity (Wildman–Crippen MR) is 86.4 cm³/mol. The fraction of sp³-hybridized carbons (Fsp3) is 0.588. The fourth-order valence-corrected chi connectivity index (χ4v) is 2.88. The van der Waals surface area contributed by atoms with Gasteiger partial charge in [0.05, 0.1) is 12.2 Å². The molecule has 0 spiro atoms. The normalized spacial score (nSPS) is 21.8. The van der Waals surface area contributed by atoms with E-state index in [-0.39, 0.29) is 5.97 Å². The molecule has 21 heavy (non-hydrogen) atoms. The first-order valence-corrected chi connectivity index (χ1v) is 7.90. The highest BCUT2D eigenvalue weighted by Crippen LogP contribution is 2.29. The van der Waals surface area contributed by atoms with E-state index in [0.717, 1.165) is 18.2 Å². The molecule has 0 saturated heterocycles. The largest absolute Gasteiger partial charge is 0.462 e. The van der Waals surface area contributed by atoms with Crippen molar-refractivity contribution in [2.24, 2.45) is 11.8 Å². The Hall–Kier alpha value is -1.71. The highest BCUT2D eigenvalue weighted by molar-refractivity contribution is 5.96. The average molecular weight is 290 g/mol. The zero-order valence-corrected chi connectivity index (χ0v) is 13.0. The topological polar surface area (TPSA) is 64.3 Å². The number of nitrogens with one attached hydrogen (secondary N) is 1. The minimum atomic E-state index is -0.315. The van der Waals surface area contributed by atoms with E-state index >= 15 is 0 Å². The summed E-state index contributed by atoms with van der Waals surface area (Å²) in [6.45, 7) is 5.40. The summed E-state index contributed by atoms with van der Waals surface area (Å²) < 4.78 is 5.09. The predicted octanol–water partition coefficient (Wildman–Crippen LogP) is 3.68. The first kappa shape index (κ1) is 15.7. The van der Waals surface area contributed by atoms with Gasteiger partial charge in [0, 0.05) is 17.9 Å². The van der Waals surface area contributed by atoms with Crippen molar-refractivity contribution in [1.82, 2.24) is 0 Å². The Morgan fingerprint density at radius 1 is 1.33 bits per heavy atom. The maximum atomic E-state index is 12.0. The van der Waals surface area contributed by atoms with Crippen LogP contribution < -0.4 is 11.1 Å². The highest BCUT2D eigenvalue weighted by atomic mass is 16.5. The van der Waals surface area contributed by atoms with Crippen molar-refractivity contribution in [2.45, 2.75) is 39.5 Å². The number of hydrogen-bond donors (Lipinski definition) is 2. The quantitative estimate of drug-likeness (QED) is 0.641. The van der Waals surface area contributed by atoms with E-state index in [1.165, 1.54) is 25.7 Å². The molecule has 4 nitrogen and oxygen atoms in total. The van der Waals surface area contributed by atoms with Crippen molar-refractivity contribution in [1.29, 1.82) is 0 Å². The van der Waals surface area contributed by atoms with Crippen LogP contribution in [-0.4, -0.2) is 19.1 Å². The summed E-state index contributed by atoms with van der Waals surface area (Å²) in [5, 5.41) is 3.41. The number of anilines is 2. The molecule has 4 heteroatoms. The van der Waals surface area contributed by atoms with Crippen LogP contribution >= 0.6 is 0 Å². The number of benzene rings is 1. The number of ether oxygens (including phenoxy) is 1. The maximum absolute atomic E-state index is 12.0. The first-order chi connectivity index (χ1) is 10.1. The zero-order chi connectivity index (χ0) is 15.2. The lowest BCUT2D eigenvalue weighted by Gasteiger charge is -2.26. The van der Waals surface area contributed by atoms with Crippen LogP contribution in [0.2, 0.25) is 0 Å². The minimum absolute atomic E-state index is 0.315. The van der Waals surface area contributed by atoms with Gasteiger partial charge in [-0.3, -0.25) is 0 Å². The van der Waals surface area contributed by atoms with Crippen molar-refractivity contribution in [3.8, 4) is 0 Å². The summed E-state index contributed by atoms with van der Waals surface area (Å²) in [6, 6.07) is 5.37. The third-order valence-corrected chi connectivity index (χ3v) is 4.26. The molecule has 3 N–H and O–H groups in total. The Bertz CT molecular complexity index is 480. The second-order valence-electron chi connectivity index (χ2n) is 6.03. The number of carbonyl (C=O) groups is 1. The Morgan fingerprint density at radius 2 is 2.05 bits per heavy atom. The summed E-state index contributed by atoms with van der Waals surface area (Å²) in [6.07, 6.45) is 5.13. The number of nitrogens with two attached hydrogens (primary N) is 1. The van der Waals surface area contributed by atoms with E-state index in [1.807, 2.05) is 12.1 Å². The molecule has 0 aliphatic heterocycles. The molecule has 1 aromatic rings. The summed E-state index contributed by atoms with van der Waals surface area (Å²) >= 11 is 0. The van der Waals surface area contributed by atoms with Crippen LogP contribution in [0.3, 0.4) is 0 Å². The zero-order valence-electron chi connectivity index (χ0n) is 13.0. The van der Waals surface area contributed by atoms with Gasteiger partial charge in [-0.2, -0.15) is 0 Å². The van der Waals surface area contributed by atoms with Crippen LogP contribution in [0.15, 0.2) is 18.2 Å². The molecular formula is C17H26N2O2. The molecule has 0 radical (unpaired) electrons. The number of hydrogen-bond acceptors (Lipinski definition) is 4. The molecule has 1 saturated carbocycles. The molecular weight excluding hydrogens is 264 g/mol. The van der Waals surface area contributed by atoms with Crippen molar-refractivity contribution in [3.05, 3.63) is 23.8 Å². The van der Waals surface area contributed by atoms with Gasteiger partial charge in [-0.05, 0) is 49.8 Å². The minimum Gasteiger partial charge on any atom is -0.462 e. The van der Waals surface area contributed by atoms with Gasteiger partial charge in [0.1, 0.15) is 0 Å². The van der Waals surface area contributed by atoms with Crippen LogP contribution in [0.25, 0.3) is 0 Å². The van der Waals surface area contributed by atoms with E-state index in [2.05, 4.69) is 12.2 Å². The molecule has 2 rings (SSSR count). The molecule has 116 valence electrons. The molecule has 1 aromatic carbocycles. The lowest BCUT2D eigenvalue weighted by molar-refractivity contribution is 0.0527. The summed E-state index contributed by atoms with van der Waals surface area (Å²) in [4.78, 5) is 12.0. The third kappa shape index (κ3) is 4.38. The van der Waals surface area contributed by atoms with E-state index in [0.29, 0.717) is 23.8 Å². The lowest BCUT2D eigenvalue weighted by Crippen LogP contribution is -2.21. The molecule has 0 bridgehead atoms. The van der Waals surface area contributed by atoms with E-state index in [9.17, 15) is 4.79 Å². The first-order valence-electron chi connectivity index (χ1n) is 7.90. The number of carbonyl (C=O) groups excluding carboxylic acids is 1. The van der Waals surface area contributed by atoms with Gasteiger partial charge in [0.15, 0.2) is 0 Å². The molecule has 0 aromatic heterocycles. The molecule has 0 heterocycles. The fourth-order valence-electron chi connectivity index (χ4n) is 2.88. The molecule has 0 amide bonds. The van der Waals surface area contributed by atoms with Gasteiger partial charge in [0.2, 0.25) is 0 Å². The summed E-state index contributed by atoms with van der Waals surface area (Å²) in [5.41, 5.74) is 7.71. The monoisotopic (exact) mass is 290 g/mol. The van der Waals surface area contributed by atoms with Crippen molar-refractivity contribution < 1.29 is 9.53 Å². The van der Waals surface area contributed by atoms with Crippen LogP contribution in [0.5, 0.6) is 0 Å². The molecule has 1 aliphatic rings. The van der Waals surface area contributed by atoms with Crippen LogP contribution in [0, 0.1) is 11.8 Å². The standard InChI is InChI=1S/C17H26N2O2/c1-3-21-17(20)15-10-14(18)8-9-16(15)19-11-13-6-4-12(2)5-7-13/h8-10,12-13,19H,3-7,11,18H2,1-2H3. The number of nitrogen functional groups attached to an aromatic ring is 1. The van der Waals surface area contributed by atoms with Crippen LogP contribution in [0.1, 0.15) is 49.9 Å². The Labute approximate surface area is 127 Å². The molecule has 1 aliphatic carbocycles. The molecule has 1 fully saturated rings. The van der Waals surface area contributed by atoms with Gasteiger partial charge in [0.25, 0.3) is 0 Å². The second kappa shape index (κ2) is 7.34. The van der Waals surface area contributed by atoms with Crippen LogP contribution in [0.4, 0.5) is 11.4 Å². The van der Waals surface area contributed by atoms with Gasteiger partial charge < -0.3 is 15.8 Å². The third-order valence-electron chi connectivity index (χ3n) is 4.26. The van der Waals surface area contributed by atoms with Gasteiger partial charge in [-0.1, -0.05) is 19.8 Å². The molecule has 0 unspecified atom stereocenters. The Balaban J connectivity index is 2.00. The van der Waals surface area contributed by atoms with E-state index in [4.69, 9.17) is 10.5 Å². The maximum Gasteiger partial charge on any atom is 0.340 e. The lowest BCUT2D eigenvalue weighted by atomic mass is 9.83. The molecule has 0 atom stereocenters. The van der Waals surface area contributed by atoms with E-state index in [1.54, 1.807) is 13.0 Å². The average Bonchev–Trinajstić information content (AvgIpc) is 2.48. The van der Waals surface area contributed by atoms with Crippen molar-refractivity contribution in [3.63, 3.8) is 0 Å². The van der Waals surface area contributed by atoms with Crippen molar-refractivity contribution in [2.75, 3.05) is 24.2 Å². The number of rotatable bonds is 5. The highest BCUT2D eigenvalue weighted by Gasteiger charge is 2.19. The van der Waals surface area contributed by atoms with Gasteiger partial charge >= 0.3 is 5.97 Å². The Morgan fingerprint density at radius 3 is 2.71 bits per heavy atom. The number of esters is 1. The van der Waals surface area contributed by atoms with E-state index < -0.39 is 0 Å². The second-order valence-corrected chi connectivity index (χ2v) is 6.03. The van der Waals surface area contributed by atoms with Crippen molar-refractivity contribution >= 4 is 17.3 Å². The smallest absolute Gasteiger partial charge is 0.340 e. The van der Waals surface area contributed by atoms with Gasteiger partial charge in [-0.15, -0.1) is 0 Å². The summed E-state index contributed by atoms with van der Waals surface area (Å²) in [5.74, 6) is 1.23.